The van der Waals surface area contributed by atoms with Gasteiger partial charge in [-0.1, -0.05) is 0 Å². The lowest BCUT2D eigenvalue weighted by Crippen LogP contribution is -2.37. The third-order valence-corrected chi connectivity index (χ3v) is 2.99. The van der Waals surface area contributed by atoms with Crippen molar-refractivity contribution in [2.24, 2.45) is 5.92 Å². The van der Waals surface area contributed by atoms with Crippen molar-refractivity contribution in [3.63, 3.8) is 0 Å². The second-order valence-corrected chi connectivity index (χ2v) is 4.60. The fourth-order valence-electron chi connectivity index (χ4n) is 1.85. The number of amides is 1. The van der Waals surface area contributed by atoms with Crippen molar-refractivity contribution in [1.82, 2.24) is 10.2 Å². The highest BCUT2D eigenvalue weighted by atomic mass is 16.5. The average molecular weight is 244 g/mol. The fraction of sp³-hybridized carbons (Fsp3) is 0.917. The number of hydrogen-bond acceptors (Lipinski definition) is 4. The van der Waals surface area contributed by atoms with Gasteiger partial charge in [0.25, 0.3) is 0 Å². The number of hydrogen-bond donors (Lipinski definition) is 1. The molecule has 0 spiro atoms. The van der Waals surface area contributed by atoms with Crippen LogP contribution in [0.25, 0.3) is 0 Å². The third kappa shape index (κ3) is 6.61. The van der Waals surface area contributed by atoms with Gasteiger partial charge in [0.05, 0.1) is 13.2 Å². The first-order valence-electron chi connectivity index (χ1n) is 6.24. The molecule has 1 saturated heterocycles. The predicted octanol–water partition coefficient (Wildman–Crippen LogP) is 0.107. The molecule has 0 aromatic rings. The van der Waals surface area contributed by atoms with Gasteiger partial charge in [-0.3, -0.25) is 9.69 Å². The molecule has 0 radical (unpaired) electrons. The van der Waals surface area contributed by atoms with Crippen molar-refractivity contribution in [2.45, 2.75) is 12.8 Å². The summed E-state index contributed by atoms with van der Waals surface area (Å²) in [7, 11) is 3.58. The molecule has 1 aliphatic rings. The van der Waals surface area contributed by atoms with Crippen LogP contribution in [0.1, 0.15) is 12.8 Å². The number of rotatable bonds is 8. The van der Waals surface area contributed by atoms with Crippen LogP contribution < -0.4 is 5.32 Å². The van der Waals surface area contributed by atoms with Crippen molar-refractivity contribution in [3.8, 4) is 0 Å². The van der Waals surface area contributed by atoms with E-state index in [2.05, 4.69) is 5.32 Å². The third-order valence-electron chi connectivity index (χ3n) is 2.99. The van der Waals surface area contributed by atoms with E-state index in [1.54, 1.807) is 7.11 Å². The van der Waals surface area contributed by atoms with Crippen molar-refractivity contribution < 1.29 is 14.3 Å². The maximum Gasteiger partial charge on any atom is 0.234 e. The van der Waals surface area contributed by atoms with Crippen molar-refractivity contribution in [2.75, 3.05) is 53.6 Å². The Kier molecular flexibility index (Phi) is 7.16. The minimum atomic E-state index is 0.0857. The van der Waals surface area contributed by atoms with Crippen LogP contribution >= 0.6 is 0 Å². The molecule has 0 aliphatic carbocycles. The second kappa shape index (κ2) is 8.44. The van der Waals surface area contributed by atoms with Gasteiger partial charge in [0.2, 0.25) is 5.91 Å². The quantitative estimate of drug-likeness (QED) is 0.658. The van der Waals surface area contributed by atoms with E-state index in [1.165, 1.54) is 0 Å². The highest BCUT2D eigenvalue weighted by Gasteiger charge is 2.15. The minimum absolute atomic E-state index is 0.0857. The van der Waals surface area contributed by atoms with E-state index < -0.39 is 0 Å². The Balaban J connectivity index is 2.00. The van der Waals surface area contributed by atoms with Crippen molar-refractivity contribution in [1.29, 1.82) is 0 Å². The first-order valence-corrected chi connectivity index (χ1v) is 6.24. The van der Waals surface area contributed by atoms with Crippen LogP contribution in [0.15, 0.2) is 0 Å². The summed E-state index contributed by atoms with van der Waals surface area (Å²) < 4.78 is 10.2. The molecule has 17 heavy (non-hydrogen) atoms. The normalized spacial score (nSPS) is 19.8. The molecule has 1 fully saturated rings. The summed E-state index contributed by atoms with van der Waals surface area (Å²) in [6.07, 6.45) is 2.15. The van der Waals surface area contributed by atoms with Gasteiger partial charge in [0, 0.05) is 33.4 Å². The molecule has 1 aliphatic heterocycles. The molecule has 1 amide bonds. The van der Waals surface area contributed by atoms with Crippen molar-refractivity contribution >= 4 is 5.91 Å². The summed E-state index contributed by atoms with van der Waals surface area (Å²) in [6.45, 7) is 4.35. The molecule has 0 aromatic heterocycles. The molecular weight excluding hydrogens is 220 g/mol. The lowest BCUT2D eigenvalue weighted by atomic mass is 10.1. The SMILES string of the molecule is COCCN(C)CC(=O)NCC[C@@H]1CCOC1. The Morgan fingerprint density at radius 2 is 2.41 bits per heavy atom. The fourth-order valence-corrected chi connectivity index (χ4v) is 1.85. The number of nitrogens with one attached hydrogen (secondary N) is 1. The van der Waals surface area contributed by atoms with E-state index >= 15 is 0 Å². The molecule has 1 atom stereocenters. The molecule has 5 heteroatoms. The highest BCUT2D eigenvalue weighted by Crippen LogP contribution is 2.14. The van der Waals surface area contributed by atoms with Crippen molar-refractivity contribution in [3.05, 3.63) is 0 Å². The predicted molar refractivity (Wildman–Crippen MR) is 65.9 cm³/mol. The Morgan fingerprint density at radius 1 is 1.59 bits per heavy atom. The number of nitrogens with zero attached hydrogens (tertiary/aromatic N) is 1. The Morgan fingerprint density at radius 3 is 3.06 bits per heavy atom. The van der Waals surface area contributed by atoms with E-state index in [1.807, 2.05) is 11.9 Å². The van der Waals surface area contributed by atoms with Gasteiger partial charge in [-0.15, -0.1) is 0 Å². The van der Waals surface area contributed by atoms with E-state index in [4.69, 9.17) is 9.47 Å². The zero-order valence-electron chi connectivity index (χ0n) is 10.9. The molecule has 1 N–H and O–H groups in total. The van der Waals surface area contributed by atoms with Gasteiger partial charge < -0.3 is 14.8 Å². The smallest absolute Gasteiger partial charge is 0.234 e. The van der Waals surface area contributed by atoms with Crippen LogP contribution in [-0.4, -0.2) is 64.4 Å². The average Bonchev–Trinajstić information content (AvgIpc) is 2.79. The molecule has 5 nitrogen and oxygen atoms in total. The van der Waals surface area contributed by atoms with Gasteiger partial charge in [-0.25, -0.2) is 0 Å². The van der Waals surface area contributed by atoms with Gasteiger partial charge in [0.15, 0.2) is 0 Å². The number of carbonyl (C=O) groups excluding carboxylic acids is 1. The monoisotopic (exact) mass is 244 g/mol. The van der Waals surface area contributed by atoms with Gasteiger partial charge in [-0.05, 0) is 25.8 Å². The van der Waals surface area contributed by atoms with Crippen LogP contribution in [0.3, 0.4) is 0 Å². The number of likely N-dealkylation sites (N-methyl/N-ethyl adjacent to an activating group) is 1. The second-order valence-electron chi connectivity index (χ2n) is 4.60. The molecule has 100 valence electrons. The van der Waals surface area contributed by atoms with Crippen LogP contribution in [-0.2, 0) is 14.3 Å². The van der Waals surface area contributed by atoms with Gasteiger partial charge in [-0.2, -0.15) is 0 Å². The summed E-state index contributed by atoms with van der Waals surface area (Å²) in [6, 6.07) is 0. The molecule has 0 saturated carbocycles. The zero-order valence-corrected chi connectivity index (χ0v) is 10.9. The van der Waals surface area contributed by atoms with E-state index in [0.717, 1.165) is 39.1 Å². The maximum atomic E-state index is 11.6. The molecule has 0 unspecified atom stereocenters. The van der Waals surface area contributed by atoms with Gasteiger partial charge >= 0.3 is 0 Å². The van der Waals surface area contributed by atoms with E-state index in [9.17, 15) is 4.79 Å². The number of carbonyl (C=O) groups is 1. The van der Waals surface area contributed by atoms with E-state index in [-0.39, 0.29) is 5.91 Å². The molecule has 1 heterocycles. The minimum Gasteiger partial charge on any atom is -0.383 e. The summed E-state index contributed by atoms with van der Waals surface area (Å²) in [5.41, 5.74) is 0. The summed E-state index contributed by atoms with van der Waals surface area (Å²) in [5.74, 6) is 0.712. The highest BCUT2D eigenvalue weighted by molar-refractivity contribution is 5.77. The zero-order chi connectivity index (χ0) is 12.5. The Labute approximate surface area is 103 Å². The number of ether oxygens (including phenoxy) is 2. The van der Waals surface area contributed by atoms with Gasteiger partial charge in [0.1, 0.15) is 0 Å². The maximum absolute atomic E-state index is 11.6. The first-order chi connectivity index (χ1) is 8.22. The van der Waals surface area contributed by atoms with Crippen LogP contribution in [0, 0.1) is 5.92 Å². The molecule has 0 aromatic carbocycles. The first kappa shape index (κ1) is 14.4. The summed E-state index contributed by atoms with van der Waals surface area (Å²) >= 11 is 0. The number of methoxy groups -OCH3 is 1. The molecular formula is C12H24N2O3. The largest absolute Gasteiger partial charge is 0.383 e. The Bertz CT molecular complexity index is 218. The lowest BCUT2D eigenvalue weighted by molar-refractivity contribution is -0.122. The molecule has 1 rings (SSSR count). The van der Waals surface area contributed by atoms with Crippen LogP contribution in [0.5, 0.6) is 0 Å². The molecule has 0 bridgehead atoms. The van der Waals surface area contributed by atoms with Crippen LogP contribution in [0.2, 0.25) is 0 Å². The topological polar surface area (TPSA) is 50.8 Å². The Hall–Kier alpha value is -0.650. The lowest BCUT2D eigenvalue weighted by Gasteiger charge is -2.16. The summed E-state index contributed by atoms with van der Waals surface area (Å²) in [4.78, 5) is 13.5. The summed E-state index contributed by atoms with van der Waals surface area (Å²) in [5, 5.41) is 2.94. The van der Waals surface area contributed by atoms with E-state index in [0.29, 0.717) is 19.1 Å². The standard InChI is InChI=1S/C12H24N2O3/c1-14(6-8-16-2)9-12(15)13-5-3-11-4-7-17-10-11/h11H,3-10H2,1-2H3,(H,13,15)/t11-/m1/s1. The van der Waals surface area contributed by atoms with Crippen LogP contribution in [0.4, 0.5) is 0 Å².